The smallest absolute Gasteiger partial charge is 0.119 e. The molecule has 1 heteroatoms. The van der Waals surface area contributed by atoms with Crippen LogP contribution in [0.4, 0.5) is 0 Å². The second kappa shape index (κ2) is 19.3. The topological polar surface area (TPSA) is 20.2 Å². The van der Waals surface area contributed by atoms with Crippen LogP contribution in [0.2, 0.25) is 0 Å². The summed E-state index contributed by atoms with van der Waals surface area (Å²) < 4.78 is 0. The molecule has 0 amide bonds. The first kappa shape index (κ1) is 30.1. The third-order valence-corrected chi connectivity index (χ3v) is 7.19. The molecule has 0 atom stereocenters. The average molecular weight is 459 g/mol. The van der Waals surface area contributed by atoms with E-state index in [-0.39, 0.29) is 5.41 Å². The van der Waals surface area contributed by atoms with Gasteiger partial charge in [0.05, 0.1) is 0 Å². The van der Waals surface area contributed by atoms with E-state index < -0.39 is 0 Å². The maximum absolute atomic E-state index is 10.1. The molecule has 0 aliphatic heterocycles. The van der Waals surface area contributed by atoms with Gasteiger partial charge in [0.1, 0.15) is 5.75 Å². The van der Waals surface area contributed by atoms with Gasteiger partial charge in [0, 0.05) is 0 Å². The van der Waals surface area contributed by atoms with Crippen LogP contribution in [-0.4, -0.2) is 5.11 Å². The minimum atomic E-state index is 0.00727. The van der Waals surface area contributed by atoms with Gasteiger partial charge in [-0.1, -0.05) is 162 Å². The second-order valence-electron chi connectivity index (χ2n) is 11.6. The fraction of sp³-hybridized carbons (Fsp3) is 0.812. The summed E-state index contributed by atoms with van der Waals surface area (Å²) in [7, 11) is 0. The molecule has 0 saturated heterocycles. The molecule has 1 rings (SSSR count). The number of rotatable bonds is 21. The van der Waals surface area contributed by atoms with E-state index in [1.165, 1.54) is 134 Å². The highest BCUT2D eigenvalue weighted by molar-refractivity contribution is 5.40. The lowest BCUT2D eigenvalue weighted by Gasteiger charge is -2.21. The number of hydrogen-bond donors (Lipinski definition) is 1. The minimum absolute atomic E-state index is 0.00727. The van der Waals surface area contributed by atoms with Crippen LogP contribution in [0.1, 0.15) is 167 Å². The van der Waals surface area contributed by atoms with Crippen molar-refractivity contribution in [3.05, 3.63) is 29.3 Å². The van der Waals surface area contributed by atoms with Crippen LogP contribution in [0.5, 0.6) is 5.75 Å². The molecule has 1 aromatic rings. The predicted molar refractivity (Wildman–Crippen MR) is 149 cm³/mol. The molecular weight excluding hydrogens is 400 g/mol. The standard InChI is InChI=1S/C32H58O/c1-5-6-7-8-9-10-11-12-13-14-15-16-17-18-19-20-21-22-23-24-25-29-26-27-31(33)30(28-29)32(2,3)4/h26-28,33H,5-25H2,1-4H3. The summed E-state index contributed by atoms with van der Waals surface area (Å²) in [5.74, 6) is 0.440. The summed E-state index contributed by atoms with van der Waals surface area (Å²) >= 11 is 0. The normalized spacial score (nSPS) is 11.9. The SMILES string of the molecule is CCCCCCCCCCCCCCCCCCCCCCc1ccc(O)c(C(C)(C)C)c1. The van der Waals surface area contributed by atoms with Gasteiger partial charge in [0.2, 0.25) is 0 Å². The Hall–Kier alpha value is -0.980. The van der Waals surface area contributed by atoms with Gasteiger partial charge in [-0.05, 0) is 35.4 Å². The predicted octanol–water partition coefficient (Wildman–Crippen LogP) is 11.1. The van der Waals surface area contributed by atoms with Gasteiger partial charge in [-0.25, -0.2) is 0 Å². The molecule has 1 N–H and O–H groups in total. The van der Waals surface area contributed by atoms with E-state index in [0.29, 0.717) is 5.75 Å². The molecule has 0 aliphatic carbocycles. The number of benzene rings is 1. The van der Waals surface area contributed by atoms with Gasteiger partial charge < -0.3 is 5.11 Å². The lowest BCUT2D eigenvalue weighted by Crippen LogP contribution is -2.11. The molecule has 0 unspecified atom stereocenters. The average Bonchev–Trinajstić information content (AvgIpc) is 2.78. The van der Waals surface area contributed by atoms with E-state index in [1.54, 1.807) is 0 Å². The first-order valence-electron chi connectivity index (χ1n) is 14.8. The summed E-state index contributed by atoms with van der Waals surface area (Å²) in [5.41, 5.74) is 2.46. The quantitative estimate of drug-likeness (QED) is 0.182. The minimum Gasteiger partial charge on any atom is -0.508 e. The summed E-state index contributed by atoms with van der Waals surface area (Å²) in [6, 6.07) is 6.19. The van der Waals surface area contributed by atoms with Gasteiger partial charge >= 0.3 is 0 Å². The molecular formula is C32H58O. The number of phenolic OH excluding ortho intramolecular Hbond substituents is 1. The van der Waals surface area contributed by atoms with E-state index in [2.05, 4.69) is 39.8 Å². The zero-order valence-electron chi connectivity index (χ0n) is 23.0. The van der Waals surface area contributed by atoms with Gasteiger partial charge in [-0.15, -0.1) is 0 Å². The Morgan fingerprint density at radius 3 is 1.27 bits per heavy atom. The molecule has 0 aromatic heterocycles. The third-order valence-electron chi connectivity index (χ3n) is 7.19. The van der Waals surface area contributed by atoms with Gasteiger partial charge in [0.15, 0.2) is 0 Å². The van der Waals surface area contributed by atoms with Crippen molar-refractivity contribution in [3.8, 4) is 5.75 Å². The van der Waals surface area contributed by atoms with Crippen molar-refractivity contribution in [1.82, 2.24) is 0 Å². The zero-order valence-corrected chi connectivity index (χ0v) is 23.0. The van der Waals surface area contributed by atoms with E-state index in [4.69, 9.17) is 0 Å². The van der Waals surface area contributed by atoms with Crippen LogP contribution < -0.4 is 0 Å². The number of hydrogen-bond acceptors (Lipinski definition) is 1. The van der Waals surface area contributed by atoms with Crippen molar-refractivity contribution in [1.29, 1.82) is 0 Å². The summed E-state index contributed by atoms with van der Waals surface area (Å²) in [5, 5.41) is 10.1. The van der Waals surface area contributed by atoms with Crippen molar-refractivity contribution in [2.45, 2.75) is 168 Å². The zero-order chi connectivity index (χ0) is 24.2. The number of aromatic hydroxyl groups is 1. The Bertz CT molecular complexity index is 568. The van der Waals surface area contributed by atoms with Crippen LogP contribution in [0.3, 0.4) is 0 Å². The number of phenols is 1. The summed E-state index contributed by atoms with van der Waals surface area (Å²) in [6.45, 7) is 8.81. The summed E-state index contributed by atoms with van der Waals surface area (Å²) in [6.07, 6.45) is 29.7. The number of aryl methyl sites for hydroxylation is 1. The van der Waals surface area contributed by atoms with Crippen LogP contribution in [0.15, 0.2) is 18.2 Å². The largest absolute Gasteiger partial charge is 0.508 e. The van der Waals surface area contributed by atoms with Crippen molar-refractivity contribution >= 4 is 0 Å². The van der Waals surface area contributed by atoms with Gasteiger partial charge in [-0.2, -0.15) is 0 Å². The molecule has 0 bridgehead atoms. The maximum Gasteiger partial charge on any atom is 0.119 e. The molecule has 0 aliphatic rings. The van der Waals surface area contributed by atoms with Crippen LogP contribution in [0, 0.1) is 0 Å². The molecule has 1 aromatic carbocycles. The molecule has 0 radical (unpaired) electrons. The molecule has 0 fully saturated rings. The Labute approximate surface area is 208 Å². The highest BCUT2D eigenvalue weighted by Gasteiger charge is 2.18. The summed E-state index contributed by atoms with van der Waals surface area (Å²) in [4.78, 5) is 0. The third kappa shape index (κ3) is 16.3. The van der Waals surface area contributed by atoms with Gasteiger partial charge in [-0.3, -0.25) is 0 Å². The molecule has 192 valence electrons. The van der Waals surface area contributed by atoms with E-state index >= 15 is 0 Å². The van der Waals surface area contributed by atoms with E-state index in [1.807, 2.05) is 6.07 Å². The fourth-order valence-corrected chi connectivity index (χ4v) is 4.92. The molecule has 0 heterocycles. The van der Waals surface area contributed by atoms with Gasteiger partial charge in [0.25, 0.3) is 0 Å². The first-order valence-corrected chi connectivity index (χ1v) is 14.8. The monoisotopic (exact) mass is 458 g/mol. The number of unbranched alkanes of at least 4 members (excludes halogenated alkanes) is 19. The van der Waals surface area contributed by atoms with Crippen molar-refractivity contribution in [3.63, 3.8) is 0 Å². The van der Waals surface area contributed by atoms with Crippen molar-refractivity contribution < 1.29 is 5.11 Å². The Morgan fingerprint density at radius 2 is 0.909 bits per heavy atom. The molecule has 33 heavy (non-hydrogen) atoms. The maximum atomic E-state index is 10.1. The Balaban J connectivity index is 1.84. The van der Waals surface area contributed by atoms with Crippen molar-refractivity contribution in [2.75, 3.05) is 0 Å². The lowest BCUT2D eigenvalue weighted by molar-refractivity contribution is 0.446. The Kier molecular flexibility index (Phi) is 17.6. The molecule has 0 spiro atoms. The van der Waals surface area contributed by atoms with Crippen molar-refractivity contribution in [2.24, 2.45) is 0 Å². The van der Waals surface area contributed by atoms with E-state index in [9.17, 15) is 5.11 Å². The molecule has 1 nitrogen and oxygen atoms in total. The highest BCUT2D eigenvalue weighted by Crippen LogP contribution is 2.31. The van der Waals surface area contributed by atoms with Crippen LogP contribution >= 0.6 is 0 Å². The second-order valence-corrected chi connectivity index (χ2v) is 11.6. The first-order chi connectivity index (χ1) is 15.9. The highest BCUT2D eigenvalue weighted by atomic mass is 16.3. The fourth-order valence-electron chi connectivity index (χ4n) is 4.92. The lowest BCUT2D eigenvalue weighted by atomic mass is 9.85. The van der Waals surface area contributed by atoms with Crippen LogP contribution in [-0.2, 0) is 11.8 Å². The van der Waals surface area contributed by atoms with Crippen LogP contribution in [0.25, 0.3) is 0 Å². The Morgan fingerprint density at radius 1 is 0.545 bits per heavy atom. The van der Waals surface area contributed by atoms with E-state index in [0.717, 1.165) is 12.0 Å². The molecule has 0 saturated carbocycles.